The molecule has 1 aromatic heterocycles. The molecule has 0 radical (unpaired) electrons. The van der Waals surface area contributed by atoms with E-state index in [0.29, 0.717) is 25.5 Å². The molecule has 2 aromatic carbocycles. The van der Waals surface area contributed by atoms with Crippen LogP contribution in [0.1, 0.15) is 25.7 Å². The molecule has 0 aliphatic carbocycles. The van der Waals surface area contributed by atoms with Gasteiger partial charge in [-0.25, -0.2) is 4.98 Å². The molecule has 1 atom stereocenters. The molecule has 1 heterocycles. The molecule has 29 heavy (non-hydrogen) atoms. The number of nitrogens with zero attached hydrogens (tertiary/aromatic N) is 2. The fourth-order valence-electron chi connectivity index (χ4n) is 3.23. The Hall–Kier alpha value is -3.06. The van der Waals surface area contributed by atoms with E-state index >= 15 is 0 Å². The Morgan fingerprint density at radius 3 is 2.52 bits per heavy atom. The number of amides is 1. The average molecular weight is 397 g/mol. The molecule has 0 aliphatic heterocycles. The number of rotatable bonds is 10. The van der Waals surface area contributed by atoms with Crippen LogP contribution in [0, 0.1) is 0 Å². The molecule has 0 saturated carbocycles. The van der Waals surface area contributed by atoms with Crippen molar-refractivity contribution >= 4 is 16.9 Å². The van der Waals surface area contributed by atoms with Crippen LogP contribution >= 0.6 is 0 Å². The predicted octanol–water partition coefficient (Wildman–Crippen LogP) is 3.34. The van der Waals surface area contributed by atoms with Gasteiger partial charge in [0.05, 0.1) is 30.2 Å². The normalized spacial score (nSPS) is 12.0. The molecule has 0 aliphatic rings. The maximum atomic E-state index is 11.9. The number of nitrogens with one attached hydrogen (secondary N) is 1. The lowest BCUT2D eigenvalue weighted by molar-refractivity contribution is -0.125. The number of fused-ring (bicyclic) bond motifs is 1. The van der Waals surface area contributed by atoms with Gasteiger partial charge in [-0.2, -0.15) is 0 Å². The van der Waals surface area contributed by atoms with E-state index < -0.39 is 0 Å². The monoisotopic (exact) mass is 397 g/mol. The van der Waals surface area contributed by atoms with Crippen molar-refractivity contribution in [3.05, 3.63) is 54.4 Å². The number of aromatic nitrogens is 2. The first kappa shape index (κ1) is 20.7. The second kappa shape index (κ2) is 9.93. The van der Waals surface area contributed by atoms with E-state index in [4.69, 9.17) is 19.2 Å². The number of methoxy groups -OCH3 is 1. The topological polar surface area (TPSA) is 74.6 Å². The fraction of sp³-hybridized carbons (Fsp3) is 0.364. The molecule has 0 spiro atoms. The average Bonchev–Trinajstić information content (AvgIpc) is 3.08. The molecule has 0 bridgehead atoms. The quantitative estimate of drug-likeness (QED) is 0.568. The Balaban J connectivity index is 1.78. The van der Waals surface area contributed by atoms with Crippen molar-refractivity contribution in [3.8, 4) is 11.5 Å². The van der Waals surface area contributed by atoms with Gasteiger partial charge in [0.25, 0.3) is 0 Å². The highest BCUT2D eigenvalue weighted by atomic mass is 16.5. The van der Waals surface area contributed by atoms with Crippen LogP contribution in [0.2, 0.25) is 0 Å². The SMILES string of the molecule is CCOc1ccccc1OCCn1c(C(C)NC(=O)COC)nc2ccccc21. The molecule has 1 amide bonds. The van der Waals surface area contributed by atoms with Crippen LogP contribution in [0.25, 0.3) is 11.0 Å². The van der Waals surface area contributed by atoms with Gasteiger partial charge in [-0.1, -0.05) is 24.3 Å². The van der Waals surface area contributed by atoms with Crippen molar-refractivity contribution in [2.75, 3.05) is 26.9 Å². The van der Waals surface area contributed by atoms with Crippen LogP contribution in [-0.4, -0.2) is 42.4 Å². The Labute approximate surface area is 170 Å². The Bertz CT molecular complexity index is 954. The van der Waals surface area contributed by atoms with Crippen LogP contribution in [-0.2, 0) is 16.1 Å². The van der Waals surface area contributed by atoms with Gasteiger partial charge in [-0.15, -0.1) is 0 Å². The third-order valence-corrected chi connectivity index (χ3v) is 4.45. The highest BCUT2D eigenvalue weighted by Crippen LogP contribution is 2.27. The Morgan fingerprint density at radius 1 is 1.10 bits per heavy atom. The predicted molar refractivity (Wildman–Crippen MR) is 111 cm³/mol. The van der Waals surface area contributed by atoms with Crippen LogP contribution < -0.4 is 14.8 Å². The van der Waals surface area contributed by atoms with Gasteiger partial charge >= 0.3 is 0 Å². The van der Waals surface area contributed by atoms with E-state index in [2.05, 4.69) is 9.88 Å². The van der Waals surface area contributed by atoms with Crippen molar-refractivity contribution in [1.82, 2.24) is 14.9 Å². The van der Waals surface area contributed by atoms with Crippen LogP contribution in [0.5, 0.6) is 11.5 Å². The van der Waals surface area contributed by atoms with E-state index in [1.165, 1.54) is 7.11 Å². The fourth-order valence-corrected chi connectivity index (χ4v) is 3.23. The standard InChI is InChI=1S/C22H27N3O4/c1-4-28-19-11-7-8-12-20(19)29-14-13-25-18-10-6-5-9-17(18)24-22(25)16(2)23-21(26)15-27-3/h5-12,16H,4,13-15H2,1-3H3,(H,23,26). The molecule has 3 rings (SSSR count). The largest absolute Gasteiger partial charge is 0.490 e. The molecule has 7 nitrogen and oxygen atoms in total. The lowest BCUT2D eigenvalue weighted by Gasteiger charge is -2.17. The van der Waals surface area contributed by atoms with E-state index in [-0.39, 0.29) is 18.6 Å². The van der Waals surface area contributed by atoms with E-state index in [1.807, 2.05) is 62.4 Å². The zero-order chi connectivity index (χ0) is 20.6. The van der Waals surface area contributed by atoms with Crippen LogP contribution in [0.15, 0.2) is 48.5 Å². The second-order valence-electron chi connectivity index (χ2n) is 6.56. The first-order chi connectivity index (χ1) is 14.1. The summed E-state index contributed by atoms with van der Waals surface area (Å²) in [6, 6.07) is 15.3. The van der Waals surface area contributed by atoms with Crippen LogP contribution in [0.3, 0.4) is 0 Å². The zero-order valence-corrected chi connectivity index (χ0v) is 17.1. The molecule has 3 aromatic rings. The minimum Gasteiger partial charge on any atom is -0.490 e. The van der Waals surface area contributed by atoms with Gasteiger partial charge in [0.1, 0.15) is 19.0 Å². The molecule has 154 valence electrons. The summed E-state index contributed by atoms with van der Waals surface area (Å²) in [5.41, 5.74) is 1.88. The summed E-state index contributed by atoms with van der Waals surface area (Å²) in [4.78, 5) is 16.7. The Kier molecular flexibility index (Phi) is 7.08. The molecule has 0 saturated heterocycles. The highest BCUT2D eigenvalue weighted by Gasteiger charge is 2.18. The highest BCUT2D eigenvalue weighted by molar-refractivity contribution is 5.78. The third kappa shape index (κ3) is 5.06. The third-order valence-electron chi connectivity index (χ3n) is 4.45. The van der Waals surface area contributed by atoms with Gasteiger partial charge in [-0.05, 0) is 38.1 Å². The number of imidazole rings is 1. The summed E-state index contributed by atoms with van der Waals surface area (Å²) in [7, 11) is 1.50. The van der Waals surface area contributed by atoms with Crippen molar-refractivity contribution in [1.29, 1.82) is 0 Å². The summed E-state index contributed by atoms with van der Waals surface area (Å²) in [6.45, 7) is 5.48. The van der Waals surface area contributed by atoms with Crippen molar-refractivity contribution in [2.45, 2.75) is 26.4 Å². The minimum absolute atomic E-state index is 0.0158. The smallest absolute Gasteiger partial charge is 0.246 e. The van der Waals surface area contributed by atoms with Crippen molar-refractivity contribution < 1.29 is 19.0 Å². The van der Waals surface area contributed by atoms with Gasteiger partial charge in [0.2, 0.25) is 5.91 Å². The number of hydrogen-bond acceptors (Lipinski definition) is 5. The molecule has 1 unspecified atom stereocenters. The lowest BCUT2D eigenvalue weighted by Crippen LogP contribution is -2.31. The minimum atomic E-state index is -0.263. The zero-order valence-electron chi connectivity index (χ0n) is 17.1. The first-order valence-electron chi connectivity index (χ1n) is 9.72. The number of carbonyl (C=O) groups is 1. The van der Waals surface area contributed by atoms with Gasteiger partial charge < -0.3 is 24.1 Å². The maximum absolute atomic E-state index is 11.9. The number of para-hydroxylation sites is 4. The summed E-state index contributed by atoms with van der Waals surface area (Å²) in [6.07, 6.45) is 0. The lowest BCUT2D eigenvalue weighted by atomic mass is 10.3. The number of carbonyl (C=O) groups excluding carboxylic acids is 1. The Morgan fingerprint density at radius 2 is 1.79 bits per heavy atom. The summed E-state index contributed by atoms with van der Waals surface area (Å²) < 4.78 is 18.6. The van der Waals surface area contributed by atoms with Crippen LogP contribution in [0.4, 0.5) is 0 Å². The molecule has 0 fully saturated rings. The van der Waals surface area contributed by atoms with E-state index in [1.54, 1.807) is 0 Å². The van der Waals surface area contributed by atoms with Gasteiger partial charge in [0, 0.05) is 7.11 Å². The van der Waals surface area contributed by atoms with Gasteiger partial charge in [-0.3, -0.25) is 4.79 Å². The van der Waals surface area contributed by atoms with E-state index in [0.717, 1.165) is 22.6 Å². The molecular formula is C22H27N3O4. The van der Waals surface area contributed by atoms with Gasteiger partial charge in [0.15, 0.2) is 11.5 Å². The summed E-state index contributed by atoms with van der Waals surface area (Å²) >= 11 is 0. The number of benzene rings is 2. The van der Waals surface area contributed by atoms with Crippen molar-refractivity contribution in [3.63, 3.8) is 0 Å². The summed E-state index contributed by atoms with van der Waals surface area (Å²) in [5, 5.41) is 2.92. The van der Waals surface area contributed by atoms with E-state index in [9.17, 15) is 4.79 Å². The molecule has 1 N–H and O–H groups in total. The maximum Gasteiger partial charge on any atom is 0.246 e. The van der Waals surface area contributed by atoms with Crippen molar-refractivity contribution in [2.24, 2.45) is 0 Å². The molecule has 7 heteroatoms. The molecular weight excluding hydrogens is 370 g/mol. The second-order valence-corrected chi connectivity index (χ2v) is 6.56. The summed E-state index contributed by atoms with van der Waals surface area (Å²) in [5.74, 6) is 2.03. The first-order valence-corrected chi connectivity index (χ1v) is 9.72. The number of hydrogen-bond donors (Lipinski definition) is 1. The number of ether oxygens (including phenoxy) is 3.